The van der Waals surface area contributed by atoms with Gasteiger partial charge in [0.2, 0.25) is 21.8 Å². The molecule has 35 heavy (non-hydrogen) atoms. The Morgan fingerprint density at radius 2 is 1.69 bits per heavy atom. The van der Waals surface area contributed by atoms with Crippen LogP contribution in [0.4, 0.5) is 5.69 Å². The summed E-state index contributed by atoms with van der Waals surface area (Å²) in [5.41, 5.74) is 2.13. The van der Waals surface area contributed by atoms with Gasteiger partial charge in [0, 0.05) is 13.1 Å². The van der Waals surface area contributed by atoms with Gasteiger partial charge in [-0.15, -0.1) is 0 Å². The first-order valence-corrected chi connectivity index (χ1v) is 13.6. The average Bonchev–Trinajstić information content (AvgIpc) is 2.81. The second kappa shape index (κ2) is 12.6. The normalized spacial score (nSPS) is 12.2. The Hall–Kier alpha value is -3.07. The molecule has 0 bridgehead atoms. The molecule has 1 atom stereocenters. The van der Waals surface area contributed by atoms with Gasteiger partial charge in [-0.05, 0) is 42.5 Å². The van der Waals surface area contributed by atoms with E-state index in [4.69, 9.17) is 4.74 Å². The van der Waals surface area contributed by atoms with E-state index in [1.54, 1.807) is 24.3 Å². The minimum Gasteiger partial charge on any atom is -0.495 e. The quantitative estimate of drug-likeness (QED) is 0.479. The summed E-state index contributed by atoms with van der Waals surface area (Å²) in [6.07, 6.45) is 1.43. The zero-order chi connectivity index (χ0) is 26.2. The molecule has 0 saturated heterocycles. The van der Waals surface area contributed by atoms with Crippen molar-refractivity contribution in [1.29, 1.82) is 0 Å². The van der Waals surface area contributed by atoms with Crippen molar-refractivity contribution in [2.24, 2.45) is 5.92 Å². The molecule has 0 aliphatic heterocycles. The van der Waals surface area contributed by atoms with Crippen molar-refractivity contribution in [2.45, 2.75) is 46.7 Å². The minimum absolute atomic E-state index is 0.183. The van der Waals surface area contributed by atoms with E-state index in [0.717, 1.165) is 21.7 Å². The molecular formula is C26H37N3O5S. The number of amides is 2. The lowest BCUT2D eigenvalue weighted by molar-refractivity contribution is -0.140. The SMILES string of the molecule is CC[C@@H](C(=O)NCC(C)C)N(Cc1ccccc1C)C(=O)CN(c1ccccc1OC)S(C)(=O)=O. The summed E-state index contributed by atoms with van der Waals surface area (Å²) in [7, 11) is -2.39. The molecule has 9 heteroatoms. The summed E-state index contributed by atoms with van der Waals surface area (Å²) in [4.78, 5) is 28.3. The lowest BCUT2D eigenvalue weighted by atomic mass is 10.1. The van der Waals surface area contributed by atoms with E-state index < -0.39 is 28.5 Å². The van der Waals surface area contributed by atoms with Gasteiger partial charge < -0.3 is 15.0 Å². The molecule has 2 rings (SSSR count). The third kappa shape index (κ3) is 7.71. The Morgan fingerprint density at radius 1 is 1.06 bits per heavy atom. The molecule has 2 aromatic carbocycles. The molecule has 192 valence electrons. The van der Waals surface area contributed by atoms with Crippen LogP contribution >= 0.6 is 0 Å². The van der Waals surface area contributed by atoms with Crippen molar-refractivity contribution < 1.29 is 22.7 Å². The smallest absolute Gasteiger partial charge is 0.244 e. The Labute approximate surface area is 209 Å². The molecular weight excluding hydrogens is 466 g/mol. The topological polar surface area (TPSA) is 96.0 Å². The zero-order valence-electron chi connectivity index (χ0n) is 21.4. The number of nitrogens with one attached hydrogen (secondary N) is 1. The van der Waals surface area contributed by atoms with E-state index in [0.29, 0.717) is 18.7 Å². The number of rotatable bonds is 12. The predicted octanol–water partition coefficient (Wildman–Crippen LogP) is 3.35. The highest BCUT2D eigenvalue weighted by atomic mass is 32.2. The van der Waals surface area contributed by atoms with Crippen LogP contribution < -0.4 is 14.4 Å². The van der Waals surface area contributed by atoms with E-state index in [-0.39, 0.29) is 24.1 Å². The van der Waals surface area contributed by atoms with E-state index in [1.807, 2.05) is 52.0 Å². The monoisotopic (exact) mass is 503 g/mol. The van der Waals surface area contributed by atoms with Crippen molar-refractivity contribution in [2.75, 3.05) is 30.8 Å². The van der Waals surface area contributed by atoms with Crippen LogP contribution in [-0.2, 0) is 26.2 Å². The van der Waals surface area contributed by atoms with Gasteiger partial charge in [0.25, 0.3) is 0 Å². The molecule has 0 unspecified atom stereocenters. The zero-order valence-corrected chi connectivity index (χ0v) is 22.3. The molecule has 0 heterocycles. The van der Waals surface area contributed by atoms with Gasteiger partial charge >= 0.3 is 0 Å². The fraction of sp³-hybridized carbons (Fsp3) is 0.462. The van der Waals surface area contributed by atoms with Crippen LogP contribution in [0.1, 0.15) is 38.3 Å². The first kappa shape index (κ1) is 28.2. The van der Waals surface area contributed by atoms with Gasteiger partial charge in [0.1, 0.15) is 18.3 Å². The first-order chi connectivity index (χ1) is 16.5. The van der Waals surface area contributed by atoms with Gasteiger partial charge in [-0.1, -0.05) is 57.2 Å². The van der Waals surface area contributed by atoms with Crippen molar-refractivity contribution in [1.82, 2.24) is 10.2 Å². The number of nitrogens with zero attached hydrogens (tertiary/aromatic N) is 2. The molecule has 0 fully saturated rings. The van der Waals surface area contributed by atoms with E-state index in [1.165, 1.54) is 12.0 Å². The van der Waals surface area contributed by atoms with E-state index in [2.05, 4.69) is 5.32 Å². The second-order valence-corrected chi connectivity index (χ2v) is 10.9. The number of hydrogen-bond donors (Lipinski definition) is 1. The summed E-state index contributed by atoms with van der Waals surface area (Å²) in [5.74, 6) is -0.149. The molecule has 0 aliphatic carbocycles. The molecule has 0 spiro atoms. The Morgan fingerprint density at radius 3 is 2.26 bits per heavy atom. The van der Waals surface area contributed by atoms with Crippen LogP contribution in [-0.4, -0.2) is 57.6 Å². The average molecular weight is 504 g/mol. The fourth-order valence-electron chi connectivity index (χ4n) is 3.74. The largest absolute Gasteiger partial charge is 0.495 e. The van der Waals surface area contributed by atoms with Crippen LogP contribution in [0, 0.1) is 12.8 Å². The van der Waals surface area contributed by atoms with Crippen molar-refractivity contribution >= 4 is 27.5 Å². The Balaban J connectivity index is 2.47. The number of carbonyl (C=O) groups excluding carboxylic acids is 2. The van der Waals surface area contributed by atoms with E-state index in [9.17, 15) is 18.0 Å². The lowest BCUT2D eigenvalue weighted by Gasteiger charge is -2.33. The summed E-state index contributed by atoms with van der Waals surface area (Å²) in [6, 6.07) is 13.5. The summed E-state index contributed by atoms with van der Waals surface area (Å²) >= 11 is 0. The second-order valence-electron chi connectivity index (χ2n) is 8.95. The molecule has 0 radical (unpaired) electrons. The Bertz CT molecular complexity index is 1120. The van der Waals surface area contributed by atoms with Crippen LogP contribution in [0.2, 0.25) is 0 Å². The maximum absolute atomic E-state index is 13.7. The number of ether oxygens (including phenoxy) is 1. The standard InChI is InChI=1S/C26H37N3O5S/c1-7-22(26(31)27-16-19(2)3)28(17-21-13-9-8-12-20(21)4)25(30)18-29(35(6,32)33)23-14-10-11-15-24(23)34-5/h8-15,19,22H,7,16-18H2,1-6H3,(H,27,31)/t22-/m0/s1. The fourth-order valence-corrected chi connectivity index (χ4v) is 4.60. The van der Waals surface area contributed by atoms with Crippen LogP contribution in [0.15, 0.2) is 48.5 Å². The van der Waals surface area contributed by atoms with Gasteiger partial charge in [0.05, 0.1) is 19.1 Å². The Kier molecular flexibility index (Phi) is 10.1. The van der Waals surface area contributed by atoms with Gasteiger partial charge in [-0.3, -0.25) is 13.9 Å². The third-order valence-corrected chi connectivity index (χ3v) is 6.83. The van der Waals surface area contributed by atoms with Crippen LogP contribution in [0.25, 0.3) is 0 Å². The van der Waals surface area contributed by atoms with Gasteiger partial charge in [-0.25, -0.2) is 8.42 Å². The number of sulfonamides is 1. The van der Waals surface area contributed by atoms with Gasteiger partial charge in [0.15, 0.2) is 0 Å². The number of hydrogen-bond acceptors (Lipinski definition) is 5. The molecule has 0 aromatic heterocycles. The van der Waals surface area contributed by atoms with E-state index >= 15 is 0 Å². The molecule has 8 nitrogen and oxygen atoms in total. The summed E-state index contributed by atoms with van der Waals surface area (Å²) in [5, 5.41) is 2.92. The maximum Gasteiger partial charge on any atom is 0.244 e. The van der Waals surface area contributed by atoms with Gasteiger partial charge in [-0.2, -0.15) is 0 Å². The number of carbonyl (C=O) groups is 2. The molecule has 0 aliphatic rings. The highest BCUT2D eigenvalue weighted by Gasteiger charge is 2.32. The number of benzene rings is 2. The number of anilines is 1. The summed E-state index contributed by atoms with van der Waals surface area (Å²) < 4.78 is 31.8. The predicted molar refractivity (Wildman–Crippen MR) is 139 cm³/mol. The summed E-state index contributed by atoms with van der Waals surface area (Å²) in [6.45, 7) is 7.98. The molecule has 2 amide bonds. The minimum atomic E-state index is -3.83. The van der Waals surface area contributed by atoms with Crippen molar-refractivity contribution in [3.05, 3.63) is 59.7 Å². The molecule has 0 saturated carbocycles. The number of methoxy groups -OCH3 is 1. The lowest BCUT2D eigenvalue weighted by Crippen LogP contribution is -2.52. The maximum atomic E-state index is 13.7. The van der Waals surface area contributed by atoms with Crippen LogP contribution in [0.5, 0.6) is 5.75 Å². The number of aryl methyl sites for hydroxylation is 1. The van der Waals surface area contributed by atoms with Crippen molar-refractivity contribution in [3.63, 3.8) is 0 Å². The third-order valence-electron chi connectivity index (χ3n) is 5.71. The van der Waals surface area contributed by atoms with Crippen molar-refractivity contribution in [3.8, 4) is 5.75 Å². The molecule has 1 N–H and O–H groups in total. The van der Waals surface area contributed by atoms with Crippen LogP contribution in [0.3, 0.4) is 0 Å². The molecule has 2 aromatic rings. The number of para-hydroxylation sites is 2. The highest BCUT2D eigenvalue weighted by molar-refractivity contribution is 7.92. The highest BCUT2D eigenvalue weighted by Crippen LogP contribution is 2.29. The first-order valence-electron chi connectivity index (χ1n) is 11.7.